The quantitative estimate of drug-likeness (QED) is 0.636. The van der Waals surface area contributed by atoms with Crippen LogP contribution in [0.2, 0.25) is 0 Å². The topological polar surface area (TPSA) is 79.5 Å². The molecule has 0 unspecified atom stereocenters. The highest BCUT2D eigenvalue weighted by molar-refractivity contribution is 5.95. The van der Waals surface area contributed by atoms with Crippen LogP contribution in [-0.4, -0.2) is 38.6 Å². The van der Waals surface area contributed by atoms with Crippen LogP contribution in [0.25, 0.3) is 0 Å². The first-order chi connectivity index (χ1) is 12.5. The first-order valence-corrected chi connectivity index (χ1v) is 8.47. The van der Waals surface area contributed by atoms with Crippen molar-refractivity contribution in [3.63, 3.8) is 0 Å². The van der Waals surface area contributed by atoms with Crippen molar-refractivity contribution in [1.82, 2.24) is 5.32 Å². The molecule has 138 valence electrons. The highest BCUT2D eigenvalue weighted by Crippen LogP contribution is 2.14. The number of hydrogen-bond acceptors (Lipinski definition) is 4. The predicted molar refractivity (Wildman–Crippen MR) is 104 cm³/mol. The third-order valence-corrected chi connectivity index (χ3v) is 3.70. The molecular formula is C20H25N3O3. The summed E-state index contributed by atoms with van der Waals surface area (Å²) in [6.07, 6.45) is 0. The van der Waals surface area contributed by atoms with Gasteiger partial charge in [-0.1, -0.05) is 6.07 Å². The van der Waals surface area contributed by atoms with Crippen LogP contribution in [0.15, 0.2) is 42.5 Å². The molecule has 2 aromatic rings. The summed E-state index contributed by atoms with van der Waals surface area (Å²) in [5, 5.41) is 8.68. The number of hydrogen-bond donors (Lipinski definition) is 3. The predicted octanol–water partition coefficient (Wildman–Crippen LogP) is 2.73. The van der Waals surface area contributed by atoms with Crippen molar-refractivity contribution < 1.29 is 14.3 Å². The summed E-state index contributed by atoms with van der Waals surface area (Å²) in [5.74, 6) is -0.280. The van der Waals surface area contributed by atoms with Gasteiger partial charge < -0.3 is 20.7 Å². The number of carbonyl (C=O) groups is 2. The minimum Gasteiger partial charge on any atom is -0.383 e. The Morgan fingerprint density at radius 3 is 2.23 bits per heavy atom. The summed E-state index contributed by atoms with van der Waals surface area (Å²) >= 11 is 0. The van der Waals surface area contributed by atoms with Crippen molar-refractivity contribution in [3.05, 3.63) is 59.2 Å². The van der Waals surface area contributed by atoms with E-state index in [1.54, 1.807) is 31.4 Å². The zero-order valence-electron chi connectivity index (χ0n) is 15.4. The standard InChI is InChI=1S/C20H25N3O3/c1-14-10-15(2)12-18(11-14)23-19(24)13-22-17-6-4-16(5-7-17)20(25)21-8-9-26-3/h4-7,10-12,22H,8-9,13H2,1-3H3,(H,21,25)(H,23,24). The Morgan fingerprint density at radius 1 is 0.962 bits per heavy atom. The number of rotatable bonds is 8. The largest absolute Gasteiger partial charge is 0.383 e. The molecule has 2 aromatic carbocycles. The molecule has 0 aromatic heterocycles. The lowest BCUT2D eigenvalue weighted by Gasteiger charge is -2.10. The van der Waals surface area contributed by atoms with Gasteiger partial charge in [-0.05, 0) is 61.4 Å². The molecule has 0 spiro atoms. The zero-order valence-corrected chi connectivity index (χ0v) is 15.4. The lowest BCUT2D eigenvalue weighted by molar-refractivity contribution is -0.114. The van der Waals surface area contributed by atoms with E-state index in [4.69, 9.17) is 4.74 Å². The lowest BCUT2D eigenvalue weighted by Crippen LogP contribution is -2.26. The summed E-state index contributed by atoms with van der Waals surface area (Å²) in [7, 11) is 1.59. The Morgan fingerprint density at radius 2 is 1.62 bits per heavy atom. The van der Waals surface area contributed by atoms with E-state index in [-0.39, 0.29) is 18.4 Å². The van der Waals surface area contributed by atoms with Crippen molar-refractivity contribution in [2.45, 2.75) is 13.8 Å². The van der Waals surface area contributed by atoms with Crippen molar-refractivity contribution in [2.24, 2.45) is 0 Å². The van der Waals surface area contributed by atoms with Crippen LogP contribution in [0.3, 0.4) is 0 Å². The fraction of sp³-hybridized carbons (Fsp3) is 0.300. The molecule has 0 atom stereocenters. The maximum Gasteiger partial charge on any atom is 0.251 e. The van der Waals surface area contributed by atoms with E-state index in [1.807, 2.05) is 26.0 Å². The van der Waals surface area contributed by atoms with E-state index < -0.39 is 0 Å². The van der Waals surface area contributed by atoms with Crippen LogP contribution < -0.4 is 16.0 Å². The molecule has 26 heavy (non-hydrogen) atoms. The molecule has 0 bridgehead atoms. The van der Waals surface area contributed by atoms with Crippen LogP contribution in [0, 0.1) is 13.8 Å². The number of methoxy groups -OCH3 is 1. The van der Waals surface area contributed by atoms with Gasteiger partial charge in [-0.15, -0.1) is 0 Å². The SMILES string of the molecule is COCCNC(=O)c1ccc(NCC(=O)Nc2cc(C)cc(C)c2)cc1. The maximum absolute atomic E-state index is 12.1. The monoisotopic (exact) mass is 355 g/mol. The highest BCUT2D eigenvalue weighted by atomic mass is 16.5. The maximum atomic E-state index is 12.1. The average molecular weight is 355 g/mol. The van der Waals surface area contributed by atoms with Gasteiger partial charge in [0.25, 0.3) is 5.91 Å². The summed E-state index contributed by atoms with van der Waals surface area (Å²) < 4.78 is 4.89. The van der Waals surface area contributed by atoms with Crippen LogP contribution >= 0.6 is 0 Å². The van der Waals surface area contributed by atoms with E-state index >= 15 is 0 Å². The van der Waals surface area contributed by atoms with Crippen LogP contribution in [0.4, 0.5) is 11.4 Å². The van der Waals surface area contributed by atoms with Crippen LogP contribution in [0.5, 0.6) is 0 Å². The van der Waals surface area contributed by atoms with Gasteiger partial charge >= 0.3 is 0 Å². The van der Waals surface area contributed by atoms with Gasteiger partial charge in [0, 0.05) is 30.6 Å². The Balaban J connectivity index is 1.83. The molecule has 0 fully saturated rings. The zero-order chi connectivity index (χ0) is 18.9. The first kappa shape index (κ1) is 19.5. The molecule has 0 aliphatic carbocycles. The van der Waals surface area contributed by atoms with Gasteiger partial charge in [-0.3, -0.25) is 9.59 Å². The molecule has 0 radical (unpaired) electrons. The van der Waals surface area contributed by atoms with E-state index in [0.717, 1.165) is 22.5 Å². The molecule has 2 amide bonds. The van der Waals surface area contributed by atoms with Crippen molar-refractivity contribution in [3.8, 4) is 0 Å². The lowest BCUT2D eigenvalue weighted by atomic mass is 10.1. The third-order valence-electron chi connectivity index (χ3n) is 3.70. The second-order valence-corrected chi connectivity index (χ2v) is 6.10. The van der Waals surface area contributed by atoms with Crippen molar-refractivity contribution >= 4 is 23.2 Å². The number of aryl methyl sites for hydroxylation is 2. The molecule has 6 heteroatoms. The van der Waals surface area contributed by atoms with Crippen LogP contribution in [-0.2, 0) is 9.53 Å². The molecule has 0 heterocycles. The van der Waals surface area contributed by atoms with Crippen molar-refractivity contribution in [2.75, 3.05) is 37.4 Å². The molecule has 0 saturated carbocycles. The van der Waals surface area contributed by atoms with Gasteiger partial charge in [0.05, 0.1) is 13.2 Å². The van der Waals surface area contributed by atoms with Gasteiger partial charge in [-0.25, -0.2) is 0 Å². The molecular weight excluding hydrogens is 330 g/mol. The number of carbonyl (C=O) groups excluding carboxylic acids is 2. The average Bonchev–Trinajstić information content (AvgIpc) is 2.59. The molecule has 2 rings (SSSR count). The second kappa shape index (κ2) is 9.58. The fourth-order valence-corrected chi connectivity index (χ4v) is 2.54. The normalized spacial score (nSPS) is 10.3. The summed E-state index contributed by atoms with van der Waals surface area (Å²) in [6.45, 7) is 5.07. The molecule has 0 aliphatic heterocycles. The highest BCUT2D eigenvalue weighted by Gasteiger charge is 2.06. The number of nitrogens with one attached hydrogen (secondary N) is 3. The number of benzene rings is 2. The van der Waals surface area contributed by atoms with Crippen molar-refractivity contribution in [1.29, 1.82) is 0 Å². The van der Waals surface area contributed by atoms with E-state index in [1.165, 1.54) is 0 Å². The van der Waals surface area contributed by atoms with Gasteiger partial charge in [0.2, 0.25) is 5.91 Å². The Kier molecular flexibility index (Phi) is 7.17. The smallest absolute Gasteiger partial charge is 0.251 e. The Hall–Kier alpha value is -2.86. The number of anilines is 2. The summed E-state index contributed by atoms with van der Waals surface area (Å²) in [5.41, 5.74) is 4.33. The van der Waals surface area contributed by atoms with Gasteiger partial charge in [-0.2, -0.15) is 0 Å². The minimum absolute atomic E-state index is 0.128. The molecule has 6 nitrogen and oxygen atoms in total. The molecule has 0 aliphatic rings. The summed E-state index contributed by atoms with van der Waals surface area (Å²) in [6, 6.07) is 12.9. The van der Waals surface area contributed by atoms with E-state index in [9.17, 15) is 9.59 Å². The van der Waals surface area contributed by atoms with Gasteiger partial charge in [0.15, 0.2) is 0 Å². The minimum atomic E-state index is -0.152. The van der Waals surface area contributed by atoms with Gasteiger partial charge in [0.1, 0.15) is 0 Å². The van der Waals surface area contributed by atoms with Crippen LogP contribution in [0.1, 0.15) is 21.5 Å². The Labute approximate surface area is 153 Å². The second-order valence-electron chi connectivity index (χ2n) is 6.10. The number of amides is 2. The van der Waals surface area contributed by atoms with E-state index in [2.05, 4.69) is 22.0 Å². The molecule has 0 saturated heterocycles. The first-order valence-electron chi connectivity index (χ1n) is 8.47. The molecule has 3 N–H and O–H groups in total. The fourth-order valence-electron chi connectivity index (χ4n) is 2.54. The third kappa shape index (κ3) is 6.22. The van der Waals surface area contributed by atoms with E-state index in [0.29, 0.717) is 18.7 Å². The summed E-state index contributed by atoms with van der Waals surface area (Å²) in [4.78, 5) is 24.0. The Bertz CT molecular complexity index is 737. The number of ether oxygens (including phenoxy) is 1.